The van der Waals surface area contributed by atoms with E-state index in [4.69, 9.17) is 16.3 Å². The van der Waals surface area contributed by atoms with Crippen LogP contribution in [-0.4, -0.2) is 47.4 Å². The second kappa shape index (κ2) is 11.8. The Morgan fingerprint density at radius 1 is 1.21 bits per heavy atom. The molecule has 3 aromatic rings. The molecule has 4 rings (SSSR count). The van der Waals surface area contributed by atoms with Gasteiger partial charge in [0.15, 0.2) is 16.9 Å². The van der Waals surface area contributed by atoms with Crippen LogP contribution in [0.3, 0.4) is 0 Å². The lowest BCUT2D eigenvalue weighted by atomic mass is 10.1. The van der Waals surface area contributed by atoms with Gasteiger partial charge < -0.3 is 15.2 Å². The molecule has 9 heteroatoms. The van der Waals surface area contributed by atoms with Crippen LogP contribution in [0.25, 0.3) is 10.4 Å². The number of aromatic carboxylic acids is 1. The minimum absolute atomic E-state index is 0.0133. The minimum Gasteiger partial charge on any atom is -0.483 e. The van der Waals surface area contributed by atoms with Crippen molar-refractivity contribution in [2.24, 2.45) is 0 Å². The summed E-state index contributed by atoms with van der Waals surface area (Å²) >= 11 is 9.39. The Balaban J connectivity index is 1.38. The maximum Gasteiger partial charge on any atom is 0.349 e. The van der Waals surface area contributed by atoms with Crippen molar-refractivity contribution < 1.29 is 19.4 Å². The van der Waals surface area contributed by atoms with Gasteiger partial charge in [-0.1, -0.05) is 66.0 Å². The highest BCUT2D eigenvalue weighted by Crippen LogP contribution is 2.45. The van der Waals surface area contributed by atoms with Crippen molar-refractivity contribution in [2.75, 3.05) is 25.0 Å². The molecule has 34 heavy (non-hydrogen) atoms. The Kier molecular flexibility index (Phi) is 8.50. The lowest BCUT2D eigenvalue weighted by molar-refractivity contribution is -0.109. The monoisotopic (exact) mass is 516 g/mol. The molecule has 0 saturated carbocycles. The number of carboxylic acid groups (broad SMARTS) is 1. The van der Waals surface area contributed by atoms with Crippen molar-refractivity contribution in [3.63, 3.8) is 0 Å². The van der Waals surface area contributed by atoms with Crippen LogP contribution in [-0.2, 0) is 10.5 Å². The van der Waals surface area contributed by atoms with Crippen molar-refractivity contribution in [1.29, 1.82) is 0 Å². The van der Waals surface area contributed by atoms with E-state index >= 15 is 0 Å². The number of rotatable bonds is 10. The van der Waals surface area contributed by atoms with E-state index in [2.05, 4.69) is 33.9 Å². The number of hydrogen-bond acceptors (Lipinski definition) is 7. The summed E-state index contributed by atoms with van der Waals surface area (Å²) in [5.74, 6) is -0.107. The maximum atomic E-state index is 11.6. The van der Waals surface area contributed by atoms with E-state index in [0.717, 1.165) is 54.3 Å². The van der Waals surface area contributed by atoms with E-state index in [0.29, 0.717) is 17.2 Å². The van der Waals surface area contributed by atoms with Crippen LogP contribution in [0.5, 0.6) is 5.75 Å². The van der Waals surface area contributed by atoms with Gasteiger partial charge in [-0.15, -0.1) is 11.3 Å². The van der Waals surface area contributed by atoms with Crippen molar-refractivity contribution in [1.82, 2.24) is 4.31 Å². The van der Waals surface area contributed by atoms with Crippen molar-refractivity contribution in [3.05, 3.63) is 70.1 Å². The highest BCUT2D eigenvalue weighted by Gasteiger charge is 2.24. The van der Waals surface area contributed by atoms with Crippen LogP contribution >= 0.6 is 34.9 Å². The molecular formula is C25H25ClN2O4S2. The molecule has 2 aromatic carbocycles. The quantitative estimate of drug-likeness (QED) is 0.250. The zero-order chi connectivity index (χ0) is 23.9. The number of carbonyl (C=O) groups excluding carboxylic acids is 1. The Hall–Kier alpha value is -2.52. The number of piperidine rings is 1. The number of nitrogens with zero attached hydrogens (tertiary/aromatic N) is 1. The summed E-state index contributed by atoms with van der Waals surface area (Å²) in [5, 5.41) is 13.3. The Labute approximate surface area is 212 Å². The zero-order valence-electron chi connectivity index (χ0n) is 18.4. The third kappa shape index (κ3) is 6.13. The van der Waals surface area contributed by atoms with Crippen molar-refractivity contribution in [2.45, 2.75) is 24.6 Å². The van der Waals surface area contributed by atoms with Gasteiger partial charge in [0.1, 0.15) is 11.6 Å². The molecule has 0 unspecified atom stereocenters. The number of anilines is 1. The number of halogens is 1. The molecule has 2 heterocycles. The Bertz CT molecular complexity index is 1130. The minimum atomic E-state index is -1.13. The molecule has 6 nitrogen and oxygen atoms in total. The molecule has 1 fully saturated rings. The predicted molar refractivity (Wildman–Crippen MR) is 139 cm³/mol. The highest BCUT2D eigenvalue weighted by atomic mass is 35.5. The van der Waals surface area contributed by atoms with Crippen LogP contribution in [0, 0.1) is 0 Å². The molecule has 2 N–H and O–H groups in total. The van der Waals surface area contributed by atoms with E-state index in [1.54, 1.807) is 0 Å². The summed E-state index contributed by atoms with van der Waals surface area (Å²) in [6.07, 6.45) is 2.65. The summed E-state index contributed by atoms with van der Waals surface area (Å²) in [6, 6.07) is 18.7. The molecular weight excluding hydrogens is 492 g/mol. The number of thiophene rings is 1. The number of carboxylic acids is 1. The topological polar surface area (TPSA) is 78.9 Å². The molecule has 0 amide bonds. The molecule has 178 valence electrons. The van der Waals surface area contributed by atoms with Gasteiger partial charge in [0.2, 0.25) is 0 Å². The summed E-state index contributed by atoms with van der Waals surface area (Å²) < 4.78 is 7.73. The molecule has 0 bridgehead atoms. The van der Waals surface area contributed by atoms with Crippen LogP contribution in [0.1, 0.15) is 28.1 Å². The third-order valence-electron chi connectivity index (χ3n) is 5.51. The number of carbonyl (C=O) groups is 2. The molecule has 1 saturated heterocycles. The summed E-state index contributed by atoms with van der Waals surface area (Å²) in [6.45, 7) is 1.79. The molecule has 0 atom stereocenters. The van der Waals surface area contributed by atoms with Crippen molar-refractivity contribution in [3.8, 4) is 16.2 Å². The first-order valence-corrected chi connectivity index (χ1v) is 13.1. The van der Waals surface area contributed by atoms with E-state index < -0.39 is 5.97 Å². The fourth-order valence-electron chi connectivity index (χ4n) is 3.82. The van der Waals surface area contributed by atoms with E-state index in [1.807, 2.05) is 42.3 Å². The van der Waals surface area contributed by atoms with E-state index in [9.17, 15) is 14.7 Å². The first kappa shape index (κ1) is 24.6. The van der Waals surface area contributed by atoms with E-state index in [1.165, 1.54) is 5.56 Å². The fraction of sp³-hybridized carbons (Fsp3) is 0.280. The molecule has 1 aliphatic rings. The van der Waals surface area contributed by atoms with Gasteiger partial charge in [-0.2, -0.15) is 0 Å². The van der Waals surface area contributed by atoms with Gasteiger partial charge >= 0.3 is 5.97 Å². The zero-order valence-corrected chi connectivity index (χ0v) is 20.8. The van der Waals surface area contributed by atoms with Crippen LogP contribution in [0.2, 0.25) is 5.02 Å². The maximum absolute atomic E-state index is 11.6. The number of ether oxygens (including phenoxy) is 1. The van der Waals surface area contributed by atoms with Gasteiger partial charge in [-0.05, 0) is 36.1 Å². The largest absolute Gasteiger partial charge is 0.483 e. The molecule has 0 spiro atoms. The average molecular weight is 517 g/mol. The first-order chi connectivity index (χ1) is 16.5. The lowest BCUT2D eigenvalue weighted by Crippen LogP contribution is -2.35. The van der Waals surface area contributed by atoms with Gasteiger partial charge in [-0.25, -0.2) is 4.79 Å². The number of aldehydes is 1. The van der Waals surface area contributed by atoms with Crippen LogP contribution in [0.15, 0.2) is 54.6 Å². The van der Waals surface area contributed by atoms with E-state index in [-0.39, 0.29) is 22.3 Å². The van der Waals surface area contributed by atoms with Gasteiger partial charge in [0, 0.05) is 30.6 Å². The predicted octanol–water partition coefficient (Wildman–Crippen LogP) is 6.07. The summed E-state index contributed by atoms with van der Waals surface area (Å²) in [4.78, 5) is 22.9. The SMILES string of the molecule is O=CCOc1c(C(=O)O)sc(-c2cccc(NC3CCN(SCc4ccccc4)CC3)c2)c1Cl. The average Bonchev–Trinajstić information content (AvgIpc) is 3.19. The number of nitrogens with one attached hydrogen (secondary N) is 1. The van der Waals surface area contributed by atoms with Gasteiger partial charge in [0.05, 0.1) is 4.88 Å². The molecule has 0 aliphatic carbocycles. The summed E-state index contributed by atoms with van der Waals surface area (Å²) in [5.41, 5.74) is 3.10. The molecule has 0 radical (unpaired) electrons. The number of hydrogen-bond donors (Lipinski definition) is 2. The smallest absolute Gasteiger partial charge is 0.349 e. The molecule has 1 aromatic heterocycles. The molecule has 1 aliphatic heterocycles. The normalized spacial score (nSPS) is 14.6. The Morgan fingerprint density at radius 2 is 1.97 bits per heavy atom. The summed E-state index contributed by atoms with van der Waals surface area (Å²) in [7, 11) is 0. The Morgan fingerprint density at radius 3 is 2.68 bits per heavy atom. The lowest BCUT2D eigenvalue weighted by Gasteiger charge is -2.32. The third-order valence-corrected chi connectivity index (χ3v) is 8.38. The second-order valence-corrected chi connectivity index (χ2v) is 10.3. The van der Waals surface area contributed by atoms with Gasteiger partial charge in [-0.3, -0.25) is 9.10 Å². The van der Waals surface area contributed by atoms with Gasteiger partial charge in [0.25, 0.3) is 0 Å². The van der Waals surface area contributed by atoms with Crippen LogP contribution in [0.4, 0.5) is 5.69 Å². The standard InChI is InChI=1S/C25H25ClN2O4S2/c26-21-22(32-14-13-29)24(25(30)31)34-23(21)18-7-4-8-20(15-18)27-19-9-11-28(12-10-19)33-16-17-5-2-1-3-6-17/h1-8,13,15,19,27H,9-12,14,16H2,(H,30,31). The fourth-order valence-corrected chi connectivity index (χ4v) is 6.22. The van der Waals surface area contributed by atoms with Crippen LogP contribution < -0.4 is 10.1 Å². The second-order valence-electron chi connectivity index (χ2n) is 7.87. The van der Waals surface area contributed by atoms with Crippen molar-refractivity contribution >= 4 is 52.8 Å². The first-order valence-electron chi connectivity index (χ1n) is 11.0. The highest BCUT2D eigenvalue weighted by molar-refractivity contribution is 7.96. The number of benzene rings is 2.